The van der Waals surface area contributed by atoms with Crippen LogP contribution in [-0.4, -0.2) is 46.4 Å². The summed E-state index contributed by atoms with van der Waals surface area (Å²) in [6, 6.07) is 6.67. The van der Waals surface area contributed by atoms with E-state index in [4.69, 9.17) is 0 Å². The number of hydrogen-bond acceptors (Lipinski definition) is 3. The summed E-state index contributed by atoms with van der Waals surface area (Å²) < 4.78 is 0. The van der Waals surface area contributed by atoms with Gasteiger partial charge in [0.05, 0.1) is 0 Å². The lowest BCUT2D eigenvalue weighted by Crippen LogP contribution is -2.43. The SMILES string of the molecule is CC(C)CCCC(C)NC(=O)CN1C(=O)NC(Cc2c[nH]c3ccccc23)C1=O. The summed E-state index contributed by atoms with van der Waals surface area (Å²) in [5, 5.41) is 6.62. The van der Waals surface area contributed by atoms with E-state index < -0.39 is 12.1 Å². The predicted molar refractivity (Wildman–Crippen MR) is 112 cm³/mol. The fourth-order valence-electron chi connectivity index (χ4n) is 3.75. The Hall–Kier alpha value is -2.83. The first-order chi connectivity index (χ1) is 13.8. The molecule has 1 aliphatic rings. The second kappa shape index (κ2) is 9.11. The van der Waals surface area contributed by atoms with Gasteiger partial charge in [-0.1, -0.05) is 44.9 Å². The van der Waals surface area contributed by atoms with Crippen molar-refractivity contribution >= 4 is 28.7 Å². The number of aromatic nitrogens is 1. The van der Waals surface area contributed by atoms with E-state index in [0.29, 0.717) is 12.3 Å². The molecule has 156 valence electrons. The first-order valence-electron chi connectivity index (χ1n) is 10.3. The standard InChI is InChI=1S/C22H30N4O3/c1-14(2)7-6-8-15(3)24-20(27)13-26-21(28)19(25-22(26)29)11-16-12-23-18-10-5-4-9-17(16)18/h4-5,9-10,12,14-15,19,23H,6-8,11,13H2,1-3H3,(H,24,27)(H,25,29). The molecule has 0 aliphatic carbocycles. The molecule has 1 aliphatic heterocycles. The van der Waals surface area contributed by atoms with Crippen molar-refractivity contribution < 1.29 is 14.4 Å². The van der Waals surface area contributed by atoms with Crippen LogP contribution in [0.5, 0.6) is 0 Å². The van der Waals surface area contributed by atoms with Crippen LogP contribution in [0.15, 0.2) is 30.5 Å². The van der Waals surface area contributed by atoms with E-state index in [1.165, 1.54) is 0 Å². The van der Waals surface area contributed by atoms with Crippen LogP contribution in [0.2, 0.25) is 0 Å². The number of fused-ring (bicyclic) bond motifs is 1. The van der Waals surface area contributed by atoms with Gasteiger partial charge in [-0.2, -0.15) is 0 Å². The van der Waals surface area contributed by atoms with E-state index >= 15 is 0 Å². The summed E-state index contributed by atoms with van der Waals surface area (Å²) in [6.07, 6.45) is 5.28. The number of rotatable bonds is 9. The fourth-order valence-corrected chi connectivity index (χ4v) is 3.75. The fraction of sp³-hybridized carbons (Fsp3) is 0.500. The van der Waals surface area contributed by atoms with Crippen molar-refractivity contribution in [3.8, 4) is 0 Å². The van der Waals surface area contributed by atoms with Crippen LogP contribution in [0.3, 0.4) is 0 Å². The molecule has 1 fully saturated rings. The Morgan fingerprint density at radius 1 is 1.17 bits per heavy atom. The van der Waals surface area contributed by atoms with Gasteiger partial charge in [-0.05, 0) is 30.9 Å². The molecular weight excluding hydrogens is 368 g/mol. The normalized spacial score (nSPS) is 17.8. The molecule has 2 heterocycles. The second-order valence-corrected chi connectivity index (χ2v) is 8.28. The average molecular weight is 399 g/mol. The van der Waals surface area contributed by atoms with Crippen molar-refractivity contribution in [2.75, 3.05) is 6.54 Å². The summed E-state index contributed by atoms with van der Waals surface area (Å²) in [7, 11) is 0. The maximum absolute atomic E-state index is 12.7. The molecule has 3 N–H and O–H groups in total. The third kappa shape index (κ3) is 5.16. The number of nitrogens with zero attached hydrogens (tertiary/aromatic N) is 1. The molecule has 0 saturated carbocycles. The Balaban J connectivity index is 1.54. The lowest BCUT2D eigenvalue weighted by molar-refractivity contribution is -0.132. The molecule has 3 rings (SSSR count). The van der Waals surface area contributed by atoms with Crippen LogP contribution in [0.4, 0.5) is 4.79 Å². The molecule has 0 bridgehead atoms. The summed E-state index contributed by atoms with van der Waals surface area (Å²) in [6.45, 7) is 6.05. The Bertz CT molecular complexity index is 889. The zero-order chi connectivity index (χ0) is 21.0. The van der Waals surface area contributed by atoms with Crippen LogP contribution >= 0.6 is 0 Å². The highest BCUT2D eigenvalue weighted by Gasteiger charge is 2.39. The highest BCUT2D eigenvalue weighted by molar-refractivity contribution is 6.06. The molecular formula is C22H30N4O3. The smallest absolute Gasteiger partial charge is 0.325 e. The molecule has 1 aromatic carbocycles. The third-order valence-electron chi connectivity index (χ3n) is 5.33. The third-order valence-corrected chi connectivity index (χ3v) is 5.33. The van der Waals surface area contributed by atoms with Crippen molar-refractivity contribution in [2.24, 2.45) is 5.92 Å². The number of para-hydroxylation sites is 1. The Kier molecular flexibility index (Phi) is 6.56. The summed E-state index contributed by atoms with van der Waals surface area (Å²) >= 11 is 0. The monoisotopic (exact) mass is 398 g/mol. The maximum atomic E-state index is 12.7. The van der Waals surface area contributed by atoms with Gasteiger partial charge in [0.15, 0.2) is 0 Å². The molecule has 1 aromatic heterocycles. The van der Waals surface area contributed by atoms with E-state index in [2.05, 4.69) is 29.5 Å². The number of urea groups is 1. The zero-order valence-electron chi connectivity index (χ0n) is 17.3. The van der Waals surface area contributed by atoms with Gasteiger partial charge in [0.25, 0.3) is 5.91 Å². The van der Waals surface area contributed by atoms with Gasteiger partial charge in [-0.15, -0.1) is 0 Å². The molecule has 7 nitrogen and oxygen atoms in total. The van der Waals surface area contributed by atoms with Crippen molar-refractivity contribution in [3.05, 3.63) is 36.0 Å². The second-order valence-electron chi connectivity index (χ2n) is 8.28. The molecule has 2 atom stereocenters. The van der Waals surface area contributed by atoms with Crippen LogP contribution in [-0.2, 0) is 16.0 Å². The van der Waals surface area contributed by atoms with Gasteiger partial charge in [0.2, 0.25) is 5.91 Å². The number of benzene rings is 1. The highest BCUT2D eigenvalue weighted by atomic mass is 16.2. The van der Waals surface area contributed by atoms with Gasteiger partial charge in [-0.25, -0.2) is 4.79 Å². The molecule has 29 heavy (non-hydrogen) atoms. The zero-order valence-corrected chi connectivity index (χ0v) is 17.3. The van der Waals surface area contributed by atoms with Gasteiger partial charge in [0.1, 0.15) is 12.6 Å². The minimum atomic E-state index is -0.655. The van der Waals surface area contributed by atoms with Crippen LogP contribution < -0.4 is 10.6 Å². The predicted octanol–water partition coefficient (Wildman–Crippen LogP) is 2.96. The number of carbonyl (C=O) groups excluding carboxylic acids is 3. The first-order valence-corrected chi connectivity index (χ1v) is 10.3. The van der Waals surface area contributed by atoms with Gasteiger partial charge in [0, 0.05) is 29.6 Å². The van der Waals surface area contributed by atoms with Gasteiger partial charge < -0.3 is 15.6 Å². The number of hydrogen-bond donors (Lipinski definition) is 3. The Morgan fingerprint density at radius 2 is 1.93 bits per heavy atom. The van der Waals surface area contributed by atoms with Crippen molar-refractivity contribution in [1.29, 1.82) is 0 Å². The number of aromatic amines is 1. The molecule has 2 aromatic rings. The molecule has 7 heteroatoms. The number of imide groups is 1. The largest absolute Gasteiger partial charge is 0.361 e. The summed E-state index contributed by atoms with van der Waals surface area (Å²) in [5.41, 5.74) is 1.95. The van der Waals surface area contributed by atoms with E-state index in [9.17, 15) is 14.4 Å². The molecule has 1 saturated heterocycles. The van der Waals surface area contributed by atoms with Crippen LogP contribution in [0, 0.1) is 5.92 Å². The number of amides is 4. The van der Waals surface area contributed by atoms with E-state index in [0.717, 1.165) is 40.6 Å². The van der Waals surface area contributed by atoms with Gasteiger partial charge >= 0.3 is 6.03 Å². The average Bonchev–Trinajstić information content (AvgIpc) is 3.18. The van der Waals surface area contributed by atoms with E-state index in [-0.39, 0.29) is 24.4 Å². The molecule has 0 spiro atoms. The lowest BCUT2D eigenvalue weighted by atomic mass is 10.0. The quantitative estimate of drug-likeness (QED) is 0.567. The maximum Gasteiger partial charge on any atom is 0.325 e. The number of H-pyrrole nitrogens is 1. The first kappa shape index (κ1) is 20.9. The molecule has 0 radical (unpaired) electrons. The number of nitrogens with one attached hydrogen (secondary N) is 3. The topological polar surface area (TPSA) is 94.3 Å². The van der Waals surface area contributed by atoms with Crippen LogP contribution in [0.25, 0.3) is 10.9 Å². The lowest BCUT2D eigenvalue weighted by Gasteiger charge is -2.17. The van der Waals surface area contributed by atoms with Crippen molar-refractivity contribution in [1.82, 2.24) is 20.5 Å². The molecule has 4 amide bonds. The minimum Gasteiger partial charge on any atom is -0.361 e. The highest BCUT2D eigenvalue weighted by Crippen LogP contribution is 2.21. The van der Waals surface area contributed by atoms with Crippen LogP contribution in [0.1, 0.15) is 45.6 Å². The van der Waals surface area contributed by atoms with Crippen molar-refractivity contribution in [3.63, 3.8) is 0 Å². The Labute approximate surface area is 171 Å². The Morgan fingerprint density at radius 3 is 2.69 bits per heavy atom. The summed E-state index contributed by atoms with van der Waals surface area (Å²) in [4.78, 5) is 41.5. The summed E-state index contributed by atoms with van der Waals surface area (Å²) in [5.74, 6) is -0.0286. The van der Waals surface area contributed by atoms with Crippen molar-refractivity contribution in [2.45, 2.75) is 58.5 Å². The van der Waals surface area contributed by atoms with Gasteiger partial charge in [-0.3, -0.25) is 14.5 Å². The van der Waals surface area contributed by atoms with E-state index in [1.807, 2.05) is 37.4 Å². The molecule has 2 unspecified atom stereocenters. The number of carbonyl (C=O) groups is 3. The van der Waals surface area contributed by atoms with E-state index in [1.54, 1.807) is 0 Å². The minimum absolute atomic E-state index is 0.0176.